The van der Waals surface area contributed by atoms with Gasteiger partial charge in [0.15, 0.2) is 0 Å². The molecule has 30 heavy (non-hydrogen) atoms. The Hall–Kier alpha value is -2.56. The summed E-state index contributed by atoms with van der Waals surface area (Å²) in [5.74, 6) is -1.63. The van der Waals surface area contributed by atoms with Crippen LogP contribution in [0.1, 0.15) is 18.1 Å². The van der Waals surface area contributed by atoms with Crippen molar-refractivity contribution in [2.75, 3.05) is 0 Å². The van der Waals surface area contributed by atoms with Gasteiger partial charge in [-0.3, -0.25) is 0 Å². The summed E-state index contributed by atoms with van der Waals surface area (Å²) in [7, 11) is -1.95. The van der Waals surface area contributed by atoms with Crippen LogP contribution in [0, 0.1) is 18.6 Å². The van der Waals surface area contributed by atoms with Crippen LogP contribution < -0.4 is 0 Å². The highest BCUT2D eigenvalue weighted by molar-refractivity contribution is 7.85. The lowest BCUT2D eigenvalue weighted by Gasteiger charge is -2.16. The van der Waals surface area contributed by atoms with Gasteiger partial charge in [-0.15, -0.1) is 0 Å². The molecule has 0 radical (unpaired) electrons. The molecular weight excluding hydrogens is 422 g/mol. The maximum Gasteiger partial charge on any atom is 0.142 e. The second-order valence-corrected chi connectivity index (χ2v) is 8.95. The van der Waals surface area contributed by atoms with Gasteiger partial charge in [0.2, 0.25) is 0 Å². The molecule has 4 aromatic carbocycles. The van der Waals surface area contributed by atoms with Crippen molar-refractivity contribution in [1.82, 2.24) is 0 Å². The molecule has 1 atom stereocenters. The first-order chi connectivity index (χ1) is 14.4. The molecule has 4 aromatic rings. The van der Waals surface area contributed by atoms with Crippen LogP contribution in [0.15, 0.2) is 76.5 Å². The van der Waals surface area contributed by atoms with Crippen molar-refractivity contribution in [1.29, 1.82) is 0 Å². The summed E-state index contributed by atoms with van der Waals surface area (Å²) >= 11 is 6.26. The third-order valence-corrected chi connectivity index (χ3v) is 7.01. The smallest absolute Gasteiger partial charge is 0.142 e. The first kappa shape index (κ1) is 20.7. The standard InChI is InChI=1S/C25H19ClF2OS/c1-3-16-13-18-7-10-19(26)14-21(18)24(15(16)2)17-8-11-20(12-9-17)30(29)25-22(27)5-4-6-23(25)28/h4-14H,3H2,1-2H3. The van der Waals surface area contributed by atoms with Crippen LogP contribution in [0.2, 0.25) is 5.02 Å². The van der Waals surface area contributed by atoms with Gasteiger partial charge in [-0.2, -0.15) is 0 Å². The summed E-state index contributed by atoms with van der Waals surface area (Å²) in [6.07, 6.45) is 0.895. The van der Waals surface area contributed by atoms with E-state index in [2.05, 4.69) is 19.9 Å². The Morgan fingerprint density at radius 2 is 1.60 bits per heavy atom. The van der Waals surface area contributed by atoms with Gasteiger partial charge in [-0.1, -0.05) is 48.9 Å². The number of hydrogen-bond acceptors (Lipinski definition) is 1. The van der Waals surface area contributed by atoms with Crippen molar-refractivity contribution in [2.45, 2.75) is 30.1 Å². The minimum atomic E-state index is -1.95. The SMILES string of the molecule is CCc1cc2ccc(Cl)cc2c(-c2ccc(S(=O)c3c(F)cccc3F)cc2)c1C. The van der Waals surface area contributed by atoms with Crippen molar-refractivity contribution in [3.05, 3.63) is 94.5 Å². The monoisotopic (exact) mass is 440 g/mol. The third kappa shape index (κ3) is 3.66. The molecule has 0 saturated carbocycles. The fraction of sp³-hybridized carbons (Fsp3) is 0.120. The molecular formula is C25H19ClF2OS. The Balaban J connectivity index is 1.84. The summed E-state index contributed by atoms with van der Waals surface area (Å²) in [6, 6.07) is 18.5. The molecule has 0 fully saturated rings. The van der Waals surface area contributed by atoms with Gasteiger partial charge in [0.25, 0.3) is 0 Å². The highest BCUT2D eigenvalue weighted by Gasteiger charge is 2.18. The zero-order valence-electron chi connectivity index (χ0n) is 16.5. The lowest BCUT2D eigenvalue weighted by Crippen LogP contribution is -2.00. The topological polar surface area (TPSA) is 17.1 Å². The second kappa shape index (κ2) is 8.29. The Morgan fingerprint density at radius 1 is 0.933 bits per heavy atom. The Morgan fingerprint density at radius 3 is 2.23 bits per heavy atom. The van der Waals surface area contributed by atoms with Crippen LogP contribution in [0.3, 0.4) is 0 Å². The predicted octanol–water partition coefficient (Wildman–Crippen LogP) is 7.48. The van der Waals surface area contributed by atoms with Crippen LogP contribution in [-0.4, -0.2) is 4.21 Å². The van der Waals surface area contributed by atoms with Gasteiger partial charge >= 0.3 is 0 Å². The number of halogens is 3. The molecule has 5 heteroatoms. The number of rotatable bonds is 4. The lowest BCUT2D eigenvalue weighted by molar-refractivity contribution is 0.534. The number of hydrogen-bond donors (Lipinski definition) is 0. The molecule has 0 aliphatic heterocycles. The van der Waals surface area contributed by atoms with Crippen molar-refractivity contribution < 1.29 is 13.0 Å². The molecule has 0 spiro atoms. The van der Waals surface area contributed by atoms with Gasteiger partial charge < -0.3 is 0 Å². The minimum Gasteiger partial charge on any atom is -0.249 e. The molecule has 0 aliphatic rings. The quantitative estimate of drug-likeness (QED) is 0.321. The highest BCUT2D eigenvalue weighted by atomic mass is 35.5. The van der Waals surface area contributed by atoms with Crippen molar-refractivity contribution in [2.24, 2.45) is 0 Å². The summed E-state index contributed by atoms with van der Waals surface area (Å²) in [6.45, 7) is 4.19. The maximum atomic E-state index is 14.0. The van der Waals surface area contributed by atoms with Crippen molar-refractivity contribution in [3.63, 3.8) is 0 Å². The average Bonchev–Trinajstić information content (AvgIpc) is 2.73. The Labute approximate surface area is 181 Å². The van der Waals surface area contributed by atoms with E-state index in [-0.39, 0.29) is 0 Å². The summed E-state index contributed by atoms with van der Waals surface area (Å²) in [4.78, 5) is -0.0824. The first-order valence-electron chi connectivity index (χ1n) is 9.58. The highest BCUT2D eigenvalue weighted by Crippen LogP contribution is 2.36. The van der Waals surface area contributed by atoms with E-state index >= 15 is 0 Å². The first-order valence-corrected chi connectivity index (χ1v) is 11.1. The molecule has 0 amide bonds. The van der Waals surface area contributed by atoms with Gasteiger partial charge in [0, 0.05) is 9.92 Å². The van der Waals surface area contributed by atoms with Gasteiger partial charge in [-0.05, 0) is 82.8 Å². The third-order valence-electron chi connectivity index (χ3n) is 5.31. The summed E-state index contributed by atoms with van der Waals surface area (Å²) in [5, 5.41) is 2.78. The van der Waals surface area contributed by atoms with Gasteiger partial charge in [0.05, 0.1) is 10.8 Å². The molecule has 0 aliphatic carbocycles. The van der Waals surface area contributed by atoms with E-state index in [9.17, 15) is 13.0 Å². The van der Waals surface area contributed by atoms with E-state index < -0.39 is 27.3 Å². The van der Waals surface area contributed by atoms with E-state index in [0.717, 1.165) is 46.0 Å². The second-order valence-electron chi connectivity index (χ2n) is 7.10. The molecule has 0 aromatic heterocycles. The molecule has 1 unspecified atom stereocenters. The molecule has 0 bridgehead atoms. The molecule has 4 rings (SSSR count). The number of aryl methyl sites for hydroxylation is 1. The lowest BCUT2D eigenvalue weighted by atomic mass is 9.89. The Bertz CT molecular complexity index is 1260. The minimum absolute atomic E-state index is 0.342. The molecule has 1 nitrogen and oxygen atoms in total. The van der Waals surface area contributed by atoms with Crippen molar-refractivity contribution >= 4 is 33.2 Å². The van der Waals surface area contributed by atoms with Crippen LogP contribution in [0.4, 0.5) is 8.78 Å². The molecule has 152 valence electrons. The maximum absolute atomic E-state index is 14.0. The van der Waals surface area contributed by atoms with Crippen molar-refractivity contribution in [3.8, 4) is 11.1 Å². The molecule has 0 N–H and O–H groups in total. The largest absolute Gasteiger partial charge is 0.249 e. The average molecular weight is 441 g/mol. The summed E-state index contributed by atoms with van der Waals surface area (Å²) < 4.78 is 40.8. The zero-order chi connectivity index (χ0) is 21.4. The molecule has 0 saturated heterocycles. The fourth-order valence-electron chi connectivity index (χ4n) is 3.79. The van der Waals surface area contributed by atoms with Gasteiger partial charge in [0.1, 0.15) is 16.5 Å². The van der Waals surface area contributed by atoms with Crippen LogP contribution >= 0.6 is 11.6 Å². The van der Waals surface area contributed by atoms with Crippen LogP contribution in [0.5, 0.6) is 0 Å². The Kier molecular flexibility index (Phi) is 5.72. The van der Waals surface area contributed by atoms with E-state index in [4.69, 9.17) is 11.6 Å². The number of benzene rings is 4. The fourth-order valence-corrected chi connectivity index (χ4v) is 5.07. The molecule has 0 heterocycles. The predicted molar refractivity (Wildman–Crippen MR) is 120 cm³/mol. The van der Waals surface area contributed by atoms with E-state index in [1.54, 1.807) is 12.1 Å². The number of fused-ring (bicyclic) bond motifs is 1. The van der Waals surface area contributed by atoms with Crippen LogP contribution in [0.25, 0.3) is 21.9 Å². The van der Waals surface area contributed by atoms with E-state index in [1.807, 2.05) is 30.3 Å². The van der Waals surface area contributed by atoms with E-state index in [0.29, 0.717) is 9.92 Å². The van der Waals surface area contributed by atoms with Crippen LogP contribution in [-0.2, 0) is 17.2 Å². The zero-order valence-corrected chi connectivity index (χ0v) is 18.1. The normalized spacial score (nSPS) is 12.3. The van der Waals surface area contributed by atoms with E-state index in [1.165, 1.54) is 11.6 Å². The van der Waals surface area contributed by atoms with Gasteiger partial charge in [-0.25, -0.2) is 13.0 Å². The summed E-state index contributed by atoms with van der Waals surface area (Å²) in [5.41, 5.74) is 4.38.